The third kappa shape index (κ3) is 7.10. The van der Waals surface area contributed by atoms with Gasteiger partial charge in [-0.2, -0.15) is 0 Å². The van der Waals surface area contributed by atoms with Crippen LogP contribution in [-0.4, -0.2) is 66.0 Å². The fourth-order valence-electron chi connectivity index (χ4n) is 6.35. The third-order valence-electron chi connectivity index (χ3n) is 9.09. The van der Waals surface area contributed by atoms with Gasteiger partial charge >= 0.3 is 0 Å². The molecule has 0 radical (unpaired) electrons. The van der Waals surface area contributed by atoms with Crippen LogP contribution in [-0.2, 0) is 16.1 Å². The van der Waals surface area contributed by atoms with Gasteiger partial charge in [0, 0.05) is 50.3 Å². The number of fused-ring (bicyclic) bond motifs is 2. The summed E-state index contributed by atoms with van der Waals surface area (Å²) in [6.45, 7) is 8.04. The molecule has 3 aromatic rings. The predicted molar refractivity (Wildman–Crippen MR) is 176 cm³/mol. The van der Waals surface area contributed by atoms with Crippen LogP contribution in [0.15, 0.2) is 70.7 Å². The Hall–Kier alpha value is -3.69. The van der Waals surface area contributed by atoms with E-state index in [0.717, 1.165) is 29.6 Å². The van der Waals surface area contributed by atoms with Crippen LogP contribution in [0.2, 0.25) is 0 Å². The van der Waals surface area contributed by atoms with E-state index in [4.69, 9.17) is 9.47 Å². The highest BCUT2D eigenvalue weighted by Gasteiger charge is 2.43. The number of halogens is 2. The van der Waals surface area contributed by atoms with Gasteiger partial charge in [0.25, 0.3) is 5.91 Å². The zero-order valence-electron chi connectivity index (χ0n) is 25.9. The van der Waals surface area contributed by atoms with Crippen LogP contribution < -0.4 is 14.8 Å². The molecule has 2 fully saturated rings. The maximum Gasteiger partial charge on any atom is 0.252 e. The lowest BCUT2D eigenvalue weighted by atomic mass is 9.82. The van der Waals surface area contributed by atoms with E-state index >= 15 is 0 Å². The predicted octanol–water partition coefficient (Wildman–Crippen LogP) is 6.20. The van der Waals surface area contributed by atoms with Crippen LogP contribution >= 0.6 is 15.9 Å². The number of nitrogens with zero attached hydrogens (tertiary/aromatic N) is 2. The van der Waals surface area contributed by atoms with Gasteiger partial charge in [-0.15, -0.1) is 0 Å². The van der Waals surface area contributed by atoms with Crippen molar-refractivity contribution in [2.75, 3.05) is 26.3 Å². The van der Waals surface area contributed by atoms with Gasteiger partial charge in [-0.1, -0.05) is 30.3 Å². The molecular formula is C36H39BrFN3O4. The first-order valence-electron chi connectivity index (χ1n) is 15.6. The lowest BCUT2D eigenvalue weighted by molar-refractivity contribution is -0.132. The first kappa shape index (κ1) is 31.3. The van der Waals surface area contributed by atoms with Crippen molar-refractivity contribution < 1.29 is 23.5 Å². The van der Waals surface area contributed by atoms with Gasteiger partial charge in [-0.3, -0.25) is 9.59 Å². The van der Waals surface area contributed by atoms with Crippen LogP contribution in [0.1, 0.15) is 48.4 Å². The number of ether oxygens (including phenoxy) is 2. The van der Waals surface area contributed by atoms with Gasteiger partial charge in [-0.05, 0) is 101 Å². The Kier molecular flexibility index (Phi) is 9.28. The number of piperazine rings is 1. The van der Waals surface area contributed by atoms with Gasteiger partial charge < -0.3 is 24.6 Å². The maximum absolute atomic E-state index is 14.6. The summed E-state index contributed by atoms with van der Waals surface area (Å²) < 4.78 is 25.8. The number of hydrogen-bond donors (Lipinski definition) is 1. The molecule has 1 saturated carbocycles. The van der Waals surface area contributed by atoms with Gasteiger partial charge in [-0.25, -0.2) is 4.39 Å². The van der Waals surface area contributed by atoms with Crippen molar-refractivity contribution in [1.29, 1.82) is 0 Å². The van der Waals surface area contributed by atoms with E-state index in [-0.39, 0.29) is 42.4 Å². The van der Waals surface area contributed by atoms with Gasteiger partial charge in [0.15, 0.2) is 0 Å². The van der Waals surface area contributed by atoms with E-state index in [1.807, 2.05) is 29.2 Å². The Morgan fingerprint density at radius 1 is 1.02 bits per heavy atom. The van der Waals surface area contributed by atoms with Crippen molar-refractivity contribution in [3.05, 3.63) is 98.8 Å². The summed E-state index contributed by atoms with van der Waals surface area (Å²) in [4.78, 5) is 30.9. The van der Waals surface area contributed by atoms with Crippen molar-refractivity contribution in [2.45, 2.75) is 64.7 Å². The third-order valence-corrected chi connectivity index (χ3v) is 9.75. The van der Waals surface area contributed by atoms with Crippen molar-refractivity contribution >= 4 is 33.3 Å². The SMILES string of the molecule is CC(=O)N1CC2CC(c3ccc(OCCOc4cc(F)ccc4Br)cc3)=C(C(=O)N(Cc3cccc(C)c3C)C3CC3)C(C1)N2. The quantitative estimate of drug-likeness (QED) is 0.259. The number of carbonyl (C=O) groups is 2. The first-order valence-corrected chi connectivity index (χ1v) is 16.4. The summed E-state index contributed by atoms with van der Waals surface area (Å²) in [5, 5.41) is 3.67. The summed E-state index contributed by atoms with van der Waals surface area (Å²) in [5.74, 6) is 0.830. The molecule has 2 atom stereocenters. The molecule has 3 aromatic carbocycles. The molecule has 6 rings (SSSR count). The highest BCUT2D eigenvalue weighted by molar-refractivity contribution is 9.10. The Balaban J connectivity index is 1.24. The molecule has 2 unspecified atom stereocenters. The topological polar surface area (TPSA) is 71.1 Å². The highest BCUT2D eigenvalue weighted by Crippen LogP contribution is 2.38. The summed E-state index contributed by atoms with van der Waals surface area (Å²) in [5.41, 5.74) is 6.39. The molecule has 1 aliphatic carbocycles. The molecule has 2 aliphatic heterocycles. The number of nitrogens with one attached hydrogen (secondary N) is 1. The molecule has 2 bridgehead atoms. The summed E-state index contributed by atoms with van der Waals surface area (Å²) >= 11 is 3.37. The Labute approximate surface area is 272 Å². The number of rotatable bonds is 10. The lowest BCUT2D eigenvalue weighted by Gasteiger charge is -2.44. The highest BCUT2D eigenvalue weighted by atomic mass is 79.9. The van der Waals surface area contributed by atoms with Gasteiger partial charge in [0.1, 0.15) is 30.5 Å². The van der Waals surface area contributed by atoms with Crippen LogP contribution in [0.4, 0.5) is 4.39 Å². The number of hydrogen-bond acceptors (Lipinski definition) is 5. The van der Waals surface area contributed by atoms with Crippen LogP contribution in [0.3, 0.4) is 0 Å². The number of benzene rings is 3. The van der Waals surface area contributed by atoms with Crippen molar-refractivity contribution in [3.63, 3.8) is 0 Å². The smallest absolute Gasteiger partial charge is 0.252 e. The monoisotopic (exact) mass is 675 g/mol. The molecule has 2 amide bonds. The Morgan fingerprint density at radius 2 is 1.78 bits per heavy atom. The number of carbonyl (C=O) groups excluding carboxylic acids is 2. The minimum Gasteiger partial charge on any atom is -0.490 e. The molecule has 9 heteroatoms. The van der Waals surface area contributed by atoms with E-state index in [0.29, 0.717) is 48.6 Å². The van der Waals surface area contributed by atoms with E-state index < -0.39 is 0 Å². The van der Waals surface area contributed by atoms with Gasteiger partial charge in [0.05, 0.1) is 10.5 Å². The molecule has 1 saturated heterocycles. The molecular weight excluding hydrogens is 637 g/mol. The van der Waals surface area contributed by atoms with E-state index in [1.165, 1.54) is 28.8 Å². The average molecular weight is 677 g/mol. The molecule has 2 heterocycles. The largest absolute Gasteiger partial charge is 0.490 e. The normalized spacial score (nSPS) is 19.4. The maximum atomic E-state index is 14.6. The van der Waals surface area contributed by atoms with Crippen molar-refractivity contribution in [1.82, 2.24) is 15.1 Å². The second-order valence-electron chi connectivity index (χ2n) is 12.3. The summed E-state index contributed by atoms with van der Waals surface area (Å²) in [6.07, 6.45) is 2.66. The van der Waals surface area contributed by atoms with Crippen LogP contribution in [0.25, 0.3) is 5.57 Å². The molecule has 3 aliphatic rings. The number of aryl methyl sites for hydroxylation is 1. The van der Waals surface area contributed by atoms with E-state index in [1.54, 1.807) is 13.0 Å². The fourth-order valence-corrected chi connectivity index (χ4v) is 6.71. The fraction of sp³-hybridized carbons (Fsp3) is 0.389. The average Bonchev–Trinajstić information content (AvgIpc) is 3.87. The van der Waals surface area contributed by atoms with Crippen molar-refractivity contribution in [2.24, 2.45) is 0 Å². The lowest BCUT2D eigenvalue weighted by Crippen LogP contribution is -2.61. The van der Waals surface area contributed by atoms with Crippen LogP contribution in [0, 0.1) is 19.7 Å². The second-order valence-corrected chi connectivity index (χ2v) is 13.1. The Bertz CT molecular complexity index is 1620. The molecule has 1 N–H and O–H groups in total. The van der Waals surface area contributed by atoms with E-state index in [2.05, 4.69) is 58.2 Å². The van der Waals surface area contributed by atoms with Gasteiger partial charge in [0.2, 0.25) is 5.91 Å². The molecule has 0 spiro atoms. The first-order chi connectivity index (χ1) is 21.7. The second kappa shape index (κ2) is 13.3. The Morgan fingerprint density at radius 3 is 2.51 bits per heavy atom. The molecule has 7 nitrogen and oxygen atoms in total. The zero-order chi connectivity index (χ0) is 31.7. The number of amides is 2. The van der Waals surface area contributed by atoms with Crippen molar-refractivity contribution in [3.8, 4) is 11.5 Å². The van der Waals surface area contributed by atoms with Crippen LogP contribution in [0.5, 0.6) is 11.5 Å². The minimum atomic E-state index is -0.363. The minimum absolute atomic E-state index is 0.0337. The molecule has 236 valence electrons. The molecule has 0 aromatic heterocycles. The standard InChI is InChI=1S/C36H39BrFN3O4/c1-22-5-4-6-26(23(22)2)19-41(29-10-11-29)36(43)35-31(18-28-20-40(24(3)42)21-33(35)39-28)25-7-12-30(13-8-25)44-15-16-45-34-17-27(38)9-14-32(34)37/h4-9,12-14,17,28-29,33,39H,10-11,15-16,18-21H2,1-3H3. The molecule has 45 heavy (non-hydrogen) atoms. The van der Waals surface area contributed by atoms with E-state index in [9.17, 15) is 14.0 Å². The summed E-state index contributed by atoms with van der Waals surface area (Å²) in [6, 6.07) is 18.5. The zero-order valence-corrected chi connectivity index (χ0v) is 27.5. The summed E-state index contributed by atoms with van der Waals surface area (Å²) in [7, 11) is 0.